The number of alkyl halides is 1. The van der Waals surface area contributed by atoms with Gasteiger partial charge in [-0.25, -0.2) is 0 Å². The van der Waals surface area contributed by atoms with E-state index in [4.69, 9.17) is 0 Å². The van der Waals surface area contributed by atoms with E-state index in [2.05, 4.69) is 70.7 Å². The largest absolute Gasteiger partial charge is 0.295 e. The molecule has 1 aliphatic heterocycles. The first-order valence-corrected chi connectivity index (χ1v) is 7.38. The first-order chi connectivity index (χ1) is 7.72. The van der Waals surface area contributed by atoms with Gasteiger partial charge < -0.3 is 0 Å². The molecule has 0 bridgehead atoms. The Bertz CT molecular complexity index is 330. The number of hydrogen-bond acceptors (Lipinski definition) is 2. The lowest BCUT2D eigenvalue weighted by atomic mass is 10.0. The summed E-state index contributed by atoms with van der Waals surface area (Å²) >= 11 is 8.28. The smallest absolute Gasteiger partial charge is 0.0237 e. The third-order valence-corrected chi connectivity index (χ3v) is 4.81. The fraction of sp³-hybridized carbons (Fsp3) is 0.538. The molecule has 2 rings (SSSR count). The van der Waals surface area contributed by atoms with Gasteiger partial charge >= 0.3 is 0 Å². The molecule has 1 aromatic rings. The van der Waals surface area contributed by atoms with Crippen LogP contribution in [0.3, 0.4) is 0 Å². The zero-order valence-corrected chi connectivity index (χ0v) is 12.0. The van der Waals surface area contributed by atoms with E-state index in [1.165, 1.54) is 5.56 Å². The van der Waals surface area contributed by atoms with Gasteiger partial charge in [-0.15, -0.1) is 0 Å². The summed E-state index contributed by atoms with van der Waals surface area (Å²) in [4.78, 5) is 2.53. The Balaban J connectivity index is 2.02. The summed E-state index contributed by atoms with van der Waals surface area (Å²) in [5.74, 6) is 0.659. The van der Waals surface area contributed by atoms with Gasteiger partial charge in [0.2, 0.25) is 0 Å². The molecule has 88 valence electrons. The molecule has 1 nitrogen and oxygen atoms in total. The molecule has 0 aliphatic carbocycles. The minimum Gasteiger partial charge on any atom is -0.295 e. The molecule has 0 radical (unpaired) electrons. The van der Waals surface area contributed by atoms with E-state index in [9.17, 15) is 0 Å². The number of rotatable bonds is 3. The summed E-state index contributed by atoms with van der Waals surface area (Å²) in [5.41, 5.74) is 1.39. The second kappa shape index (κ2) is 5.56. The third-order valence-electron chi connectivity index (χ3n) is 3.52. The third kappa shape index (κ3) is 2.63. The van der Waals surface area contributed by atoms with E-state index in [1.54, 1.807) is 0 Å². The Morgan fingerprint density at radius 2 is 2.06 bits per heavy atom. The Kier molecular flexibility index (Phi) is 4.34. The molecule has 1 heterocycles. The molecule has 0 aromatic heterocycles. The normalized spacial score (nSPS) is 30.8. The van der Waals surface area contributed by atoms with Crippen molar-refractivity contribution in [2.24, 2.45) is 5.92 Å². The standard InChI is InChI=1S/C13H18BrNS/c1-10-12(7-14)13(16)9-15(10)8-11-5-3-2-4-6-11/h2-6,10,12-13,16H,7-9H2,1H3. The summed E-state index contributed by atoms with van der Waals surface area (Å²) in [6, 6.07) is 11.3. The van der Waals surface area contributed by atoms with E-state index >= 15 is 0 Å². The van der Waals surface area contributed by atoms with Gasteiger partial charge in [0.25, 0.3) is 0 Å². The van der Waals surface area contributed by atoms with Gasteiger partial charge in [0.1, 0.15) is 0 Å². The molecule has 3 unspecified atom stereocenters. The van der Waals surface area contributed by atoms with E-state index in [0.29, 0.717) is 17.2 Å². The van der Waals surface area contributed by atoms with Crippen LogP contribution in [0.15, 0.2) is 30.3 Å². The van der Waals surface area contributed by atoms with Gasteiger partial charge in [0.15, 0.2) is 0 Å². The maximum atomic E-state index is 4.68. The average Bonchev–Trinajstić information content (AvgIpc) is 2.55. The Morgan fingerprint density at radius 3 is 2.62 bits per heavy atom. The lowest BCUT2D eigenvalue weighted by Crippen LogP contribution is -2.30. The van der Waals surface area contributed by atoms with Crippen LogP contribution >= 0.6 is 28.6 Å². The second-order valence-electron chi connectivity index (χ2n) is 4.54. The summed E-state index contributed by atoms with van der Waals surface area (Å²) in [5, 5.41) is 1.55. The Morgan fingerprint density at radius 1 is 1.38 bits per heavy atom. The van der Waals surface area contributed by atoms with E-state index in [0.717, 1.165) is 18.4 Å². The first-order valence-electron chi connectivity index (χ1n) is 5.74. The molecular formula is C13H18BrNS. The van der Waals surface area contributed by atoms with Crippen molar-refractivity contribution < 1.29 is 0 Å². The topological polar surface area (TPSA) is 3.24 Å². The molecule has 1 aromatic carbocycles. The molecule has 0 N–H and O–H groups in total. The molecular weight excluding hydrogens is 282 g/mol. The van der Waals surface area contributed by atoms with Crippen molar-refractivity contribution in [3.63, 3.8) is 0 Å². The molecule has 0 spiro atoms. The van der Waals surface area contributed by atoms with E-state index in [-0.39, 0.29) is 0 Å². The van der Waals surface area contributed by atoms with Crippen LogP contribution in [0.25, 0.3) is 0 Å². The average molecular weight is 300 g/mol. The molecule has 1 fully saturated rings. The molecule has 3 atom stereocenters. The highest BCUT2D eigenvalue weighted by Gasteiger charge is 2.36. The van der Waals surface area contributed by atoms with Crippen LogP contribution in [0.1, 0.15) is 12.5 Å². The predicted octanol–water partition coefficient (Wildman–Crippen LogP) is 3.20. The van der Waals surface area contributed by atoms with Crippen molar-refractivity contribution in [3.05, 3.63) is 35.9 Å². The van der Waals surface area contributed by atoms with Crippen LogP contribution in [-0.4, -0.2) is 28.1 Å². The maximum Gasteiger partial charge on any atom is 0.0237 e. The summed E-state index contributed by atoms with van der Waals surface area (Å²) in [6.45, 7) is 4.45. The zero-order chi connectivity index (χ0) is 11.5. The highest BCUT2D eigenvalue weighted by molar-refractivity contribution is 9.09. The highest BCUT2D eigenvalue weighted by atomic mass is 79.9. The van der Waals surface area contributed by atoms with Crippen molar-refractivity contribution in [3.8, 4) is 0 Å². The quantitative estimate of drug-likeness (QED) is 0.663. The van der Waals surface area contributed by atoms with Crippen molar-refractivity contribution in [2.75, 3.05) is 11.9 Å². The number of benzene rings is 1. The summed E-state index contributed by atoms with van der Waals surface area (Å²) in [7, 11) is 0. The zero-order valence-electron chi connectivity index (χ0n) is 9.51. The number of hydrogen-bond donors (Lipinski definition) is 1. The summed E-state index contributed by atoms with van der Waals surface area (Å²) in [6.07, 6.45) is 0. The van der Waals surface area contributed by atoms with Crippen LogP contribution in [0.4, 0.5) is 0 Å². The lowest BCUT2D eigenvalue weighted by molar-refractivity contribution is 0.241. The van der Waals surface area contributed by atoms with Crippen molar-refractivity contribution in [1.82, 2.24) is 4.90 Å². The minimum absolute atomic E-state index is 0.498. The fourth-order valence-corrected chi connectivity index (χ4v) is 4.24. The van der Waals surface area contributed by atoms with Gasteiger partial charge in [-0.2, -0.15) is 12.6 Å². The van der Waals surface area contributed by atoms with Crippen molar-refractivity contribution >= 4 is 28.6 Å². The monoisotopic (exact) mass is 299 g/mol. The number of thiol groups is 1. The first kappa shape index (κ1) is 12.5. The SMILES string of the molecule is CC1C(CBr)C(S)CN1Cc1ccccc1. The molecule has 1 aliphatic rings. The van der Waals surface area contributed by atoms with Gasteiger partial charge in [-0.3, -0.25) is 4.90 Å². The molecule has 3 heteroatoms. The summed E-state index contributed by atoms with van der Waals surface area (Å²) < 4.78 is 0. The van der Waals surface area contributed by atoms with Crippen LogP contribution in [-0.2, 0) is 6.54 Å². The predicted molar refractivity (Wildman–Crippen MR) is 76.4 cm³/mol. The molecule has 1 saturated heterocycles. The van der Waals surface area contributed by atoms with Gasteiger partial charge in [0.05, 0.1) is 0 Å². The van der Waals surface area contributed by atoms with Gasteiger partial charge in [-0.1, -0.05) is 46.3 Å². The molecule has 16 heavy (non-hydrogen) atoms. The lowest BCUT2D eigenvalue weighted by Gasteiger charge is -2.23. The van der Waals surface area contributed by atoms with E-state index < -0.39 is 0 Å². The van der Waals surface area contributed by atoms with Crippen LogP contribution in [0, 0.1) is 5.92 Å². The fourth-order valence-electron chi connectivity index (χ4n) is 2.39. The van der Waals surface area contributed by atoms with Gasteiger partial charge in [0, 0.05) is 29.7 Å². The Labute approximate surface area is 112 Å². The maximum absolute atomic E-state index is 4.68. The van der Waals surface area contributed by atoms with E-state index in [1.807, 2.05) is 0 Å². The highest BCUT2D eigenvalue weighted by Crippen LogP contribution is 2.30. The second-order valence-corrected chi connectivity index (χ2v) is 5.85. The number of likely N-dealkylation sites (tertiary alicyclic amines) is 1. The van der Waals surface area contributed by atoms with Crippen LogP contribution < -0.4 is 0 Å². The minimum atomic E-state index is 0.498. The number of halogens is 1. The Hall–Kier alpha value is 0.01000. The van der Waals surface area contributed by atoms with Gasteiger partial charge in [-0.05, 0) is 18.4 Å². The van der Waals surface area contributed by atoms with Crippen LogP contribution in [0.5, 0.6) is 0 Å². The molecule has 0 saturated carbocycles. The van der Waals surface area contributed by atoms with Crippen molar-refractivity contribution in [2.45, 2.75) is 24.8 Å². The van der Waals surface area contributed by atoms with Crippen LogP contribution in [0.2, 0.25) is 0 Å². The number of nitrogens with zero attached hydrogens (tertiary/aromatic N) is 1. The molecule has 0 amide bonds. The van der Waals surface area contributed by atoms with Crippen molar-refractivity contribution in [1.29, 1.82) is 0 Å².